The molecule has 0 radical (unpaired) electrons. The monoisotopic (exact) mass is 262 g/mol. The van der Waals surface area contributed by atoms with Gasteiger partial charge in [-0.3, -0.25) is 4.79 Å². The van der Waals surface area contributed by atoms with Gasteiger partial charge in [0.15, 0.2) is 0 Å². The lowest BCUT2D eigenvalue weighted by Gasteiger charge is -2.16. The van der Waals surface area contributed by atoms with Crippen LogP contribution in [0.15, 0.2) is 18.2 Å². The number of nitrogen functional groups attached to an aromatic ring is 1. The number of carbonyl (C=O) groups excluding carboxylic acids is 1. The molecule has 0 heterocycles. The van der Waals surface area contributed by atoms with E-state index in [9.17, 15) is 4.79 Å². The molecule has 2 unspecified atom stereocenters. The van der Waals surface area contributed by atoms with Gasteiger partial charge in [-0.25, -0.2) is 0 Å². The molecule has 1 fully saturated rings. The molecule has 1 aliphatic carbocycles. The van der Waals surface area contributed by atoms with E-state index in [1.165, 1.54) is 19.3 Å². The topological polar surface area (TPSA) is 64.3 Å². The molecule has 1 aliphatic rings. The molecule has 0 spiro atoms. The van der Waals surface area contributed by atoms with Gasteiger partial charge in [0, 0.05) is 23.9 Å². The minimum atomic E-state index is -0.0790. The summed E-state index contributed by atoms with van der Waals surface area (Å²) in [4.78, 5) is 12.1. The van der Waals surface area contributed by atoms with E-state index in [-0.39, 0.29) is 5.91 Å². The van der Waals surface area contributed by atoms with Crippen molar-refractivity contribution in [2.24, 2.45) is 11.8 Å². The first-order valence-corrected chi connectivity index (χ1v) is 6.83. The summed E-state index contributed by atoms with van der Waals surface area (Å²) in [7, 11) is 1.57. The van der Waals surface area contributed by atoms with Crippen LogP contribution in [-0.4, -0.2) is 19.6 Å². The van der Waals surface area contributed by atoms with Gasteiger partial charge < -0.3 is 15.8 Å². The Labute approximate surface area is 114 Å². The number of hydrogen-bond donors (Lipinski definition) is 2. The van der Waals surface area contributed by atoms with Crippen LogP contribution in [-0.2, 0) is 0 Å². The average molecular weight is 262 g/mol. The lowest BCUT2D eigenvalue weighted by molar-refractivity contribution is 0.0944. The minimum absolute atomic E-state index is 0.0790. The molecule has 3 N–H and O–H groups in total. The summed E-state index contributed by atoms with van der Waals surface area (Å²) in [5.74, 6) is 1.84. The number of nitrogens with two attached hydrogens (primary N) is 1. The van der Waals surface area contributed by atoms with Crippen molar-refractivity contribution in [1.29, 1.82) is 0 Å². The van der Waals surface area contributed by atoms with Crippen LogP contribution in [0.4, 0.5) is 5.69 Å². The number of amides is 1. The molecule has 1 amide bonds. The number of carbonyl (C=O) groups is 1. The predicted molar refractivity (Wildman–Crippen MR) is 76.2 cm³/mol. The van der Waals surface area contributed by atoms with Crippen LogP contribution < -0.4 is 15.8 Å². The maximum Gasteiger partial charge on any atom is 0.251 e. The molecular formula is C15H22N2O2. The first-order chi connectivity index (χ1) is 9.10. The highest BCUT2D eigenvalue weighted by Gasteiger charge is 2.23. The fourth-order valence-corrected chi connectivity index (χ4v) is 2.72. The van der Waals surface area contributed by atoms with Crippen molar-refractivity contribution >= 4 is 11.6 Å². The zero-order valence-corrected chi connectivity index (χ0v) is 11.6. The van der Waals surface area contributed by atoms with Crippen molar-refractivity contribution in [3.63, 3.8) is 0 Å². The first kappa shape index (κ1) is 13.7. The van der Waals surface area contributed by atoms with Gasteiger partial charge in [-0.05, 0) is 30.4 Å². The number of anilines is 1. The van der Waals surface area contributed by atoms with Gasteiger partial charge in [0.25, 0.3) is 5.91 Å². The third kappa shape index (κ3) is 3.40. The number of benzene rings is 1. The third-order valence-electron chi connectivity index (χ3n) is 3.99. The normalized spacial score (nSPS) is 22.2. The summed E-state index contributed by atoms with van der Waals surface area (Å²) >= 11 is 0. The van der Waals surface area contributed by atoms with Gasteiger partial charge in [-0.1, -0.05) is 19.8 Å². The summed E-state index contributed by atoms with van der Waals surface area (Å²) < 4.78 is 5.12. The number of ether oxygens (including phenoxy) is 1. The number of hydrogen-bond acceptors (Lipinski definition) is 3. The van der Waals surface area contributed by atoms with Crippen LogP contribution in [0.3, 0.4) is 0 Å². The van der Waals surface area contributed by atoms with Gasteiger partial charge >= 0.3 is 0 Å². The molecule has 4 heteroatoms. The summed E-state index contributed by atoms with van der Waals surface area (Å²) in [5, 5.41) is 3.00. The molecule has 1 aromatic rings. The number of methoxy groups -OCH3 is 1. The summed E-state index contributed by atoms with van der Waals surface area (Å²) in [6, 6.07) is 5.09. The summed E-state index contributed by atoms with van der Waals surface area (Å²) in [6.07, 6.45) is 3.75. The average Bonchev–Trinajstić information content (AvgIpc) is 2.80. The molecule has 19 heavy (non-hydrogen) atoms. The Bertz CT molecular complexity index is 459. The van der Waals surface area contributed by atoms with Crippen LogP contribution in [0.1, 0.15) is 36.5 Å². The third-order valence-corrected chi connectivity index (χ3v) is 3.99. The molecule has 2 rings (SSSR count). The van der Waals surface area contributed by atoms with Crippen molar-refractivity contribution in [2.45, 2.75) is 26.2 Å². The van der Waals surface area contributed by atoms with E-state index in [2.05, 4.69) is 12.2 Å². The van der Waals surface area contributed by atoms with Gasteiger partial charge in [-0.15, -0.1) is 0 Å². The highest BCUT2D eigenvalue weighted by atomic mass is 16.5. The lowest BCUT2D eigenvalue weighted by Crippen LogP contribution is -2.30. The molecule has 104 valence electrons. The van der Waals surface area contributed by atoms with Crippen molar-refractivity contribution in [3.05, 3.63) is 23.8 Å². The minimum Gasteiger partial charge on any atom is -0.497 e. The van der Waals surface area contributed by atoms with Crippen LogP contribution in [0.2, 0.25) is 0 Å². The Morgan fingerprint density at radius 3 is 2.84 bits per heavy atom. The predicted octanol–water partition coefficient (Wildman–Crippen LogP) is 2.44. The second-order valence-electron chi connectivity index (χ2n) is 5.37. The fourth-order valence-electron chi connectivity index (χ4n) is 2.72. The van der Waals surface area contributed by atoms with E-state index >= 15 is 0 Å². The largest absolute Gasteiger partial charge is 0.497 e. The lowest BCUT2D eigenvalue weighted by atomic mass is 9.98. The van der Waals surface area contributed by atoms with E-state index < -0.39 is 0 Å². The second kappa shape index (κ2) is 5.95. The number of rotatable bonds is 4. The maximum absolute atomic E-state index is 12.1. The molecular weight excluding hydrogens is 240 g/mol. The summed E-state index contributed by atoms with van der Waals surface area (Å²) in [5.41, 5.74) is 6.85. The highest BCUT2D eigenvalue weighted by Crippen LogP contribution is 2.30. The molecule has 0 bridgehead atoms. The zero-order chi connectivity index (χ0) is 13.8. The standard InChI is InChI=1S/C15H22N2O2/c1-10-4-3-5-11(10)9-17-15(18)12-6-13(16)8-14(7-12)19-2/h6-8,10-11H,3-5,9,16H2,1-2H3,(H,17,18). The van der Waals surface area contributed by atoms with Gasteiger partial charge in [0.1, 0.15) is 5.75 Å². The van der Waals surface area contributed by atoms with E-state index in [1.54, 1.807) is 25.3 Å². The van der Waals surface area contributed by atoms with Crippen LogP contribution in [0, 0.1) is 11.8 Å². The van der Waals surface area contributed by atoms with Crippen LogP contribution >= 0.6 is 0 Å². The Balaban J connectivity index is 1.97. The molecule has 0 aromatic heterocycles. The molecule has 2 atom stereocenters. The van der Waals surface area contributed by atoms with E-state index in [1.807, 2.05) is 0 Å². The highest BCUT2D eigenvalue weighted by molar-refractivity contribution is 5.95. The Morgan fingerprint density at radius 1 is 1.42 bits per heavy atom. The first-order valence-electron chi connectivity index (χ1n) is 6.83. The van der Waals surface area contributed by atoms with Crippen LogP contribution in [0.5, 0.6) is 5.75 Å². The number of nitrogens with one attached hydrogen (secondary N) is 1. The van der Waals surface area contributed by atoms with Gasteiger partial charge in [-0.2, -0.15) is 0 Å². The van der Waals surface area contributed by atoms with Gasteiger partial charge in [0.2, 0.25) is 0 Å². The van der Waals surface area contributed by atoms with E-state index in [0.717, 1.165) is 6.54 Å². The SMILES string of the molecule is COc1cc(N)cc(C(=O)NCC2CCCC2C)c1. The molecule has 4 nitrogen and oxygen atoms in total. The quantitative estimate of drug-likeness (QED) is 0.819. The molecule has 1 saturated carbocycles. The Morgan fingerprint density at radius 2 is 2.21 bits per heavy atom. The van der Waals surface area contributed by atoms with E-state index in [0.29, 0.717) is 28.8 Å². The maximum atomic E-state index is 12.1. The van der Waals surface area contributed by atoms with E-state index in [4.69, 9.17) is 10.5 Å². The fraction of sp³-hybridized carbons (Fsp3) is 0.533. The van der Waals surface area contributed by atoms with Crippen LogP contribution in [0.25, 0.3) is 0 Å². The zero-order valence-electron chi connectivity index (χ0n) is 11.6. The smallest absolute Gasteiger partial charge is 0.251 e. The van der Waals surface area contributed by atoms with Gasteiger partial charge in [0.05, 0.1) is 7.11 Å². The molecule has 1 aromatic carbocycles. The van der Waals surface area contributed by atoms with Crippen molar-refractivity contribution in [3.8, 4) is 5.75 Å². The van der Waals surface area contributed by atoms with Crippen molar-refractivity contribution in [2.75, 3.05) is 19.4 Å². The Hall–Kier alpha value is -1.71. The Kier molecular flexibility index (Phi) is 4.30. The van der Waals surface area contributed by atoms with Crippen molar-refractivity contribution < 1.29 is 9.53 Å². The molecule has 0 saturated heterocycles. The summed E-state index contributed by atoms with van der Waals surface area (Å²) in [6.45, 7) is 3.00. The van der Waals surface area contributed by atoms with Crippen molar-refractivity contribution in [1.82, 2.24) is 5.32 Å². The molecule has 0 aliphatic heterocycles. The second-order valence-corrected chi connectivity index (χ2v) is 5.37.